The molecule has 0 saturated heterocycles. The zero-order valence-corrected chi connectivity index (χ0v) is 15.1. The molecule has 0 fully saturated rings. The van der Waals surface area contributed by atoms with Crippen molar-refractivity contribution in [2.75, 3.05) is 24.4 Å². The van der Waals surface area contributed by atoms with Crippen LogP contribution in [0.4, 0.5) is 11.4 Å². The number of nitrogens with one attached hydrogen (secondary N) is 2. The molecule has 8 heteroatoms. The van der Waals surface area contributed by atoms with Crippen LogP contribution in [0.2, 0.25) is 0 Å². The highest BCUT2D eigenvalue weighted by Crippen LogP contribution is 2.27. The van der Waals surface area contributed by atoms with E-state index in [1.807, 2.05) is 16.8 Å². The fourth-order valence-electron chi connectivity index (χ4n) is 1.99. The van der Waals surface area contributed by atoms with Gasteiger partial charge in [0.15, 0.2) is 6.61 Å². The third kappa shape index (κ3) is 6.06. The van der Waals surface area contributed by atoms with Gasteiger partial charge in [0.1, 0.15) is 5.75 Å². The lowest BCUT2D eigenvalue weighted by Crippen LogP contribution is -2.20. The van der Waals surface area contributed by atoms with Gasteiger partial charge in [0.05, 0.1) is 12.8 Å². The maximum Gasteiger partial charge on any atom is 0.331 e. The average molecular weight is 374 g/mol. The predicted molar refractivity (Wildman–Crippen MR) is 100 cm³/mol. The molecule has 2 N–H and O–H groups in total. The Kier molecular flexibility index (Phi) is 6.92. The molecule has 136 valence electrons. The number of anilines is 2. The molecule has 0 atom stereocenters. The van der Waals surface area contributed by atoms with E-state index in [0.29, 0.717) is 17.1 Å². The summed E-state index contributed by atoms with van der Waals surface area (Å²) in [4.78, 5) is 34.8. The largest absolute Gasteiger partial charge is 0.495 e. The number of esters is 1. The molecular weight excluding hydrogens is 356 g/mol. The summed E-state index contributed by atoms with van der Waals surface area (Å²) in [7, 11) is 1.46. The molecular formula is C18H18N2O5S. The second kappa shape index (κ2) is 9.38. The van der Waals surface area contributed by atoms with Crippen LogP contribution in [0, 0.1) is 0 Å². The number of thiophene rings is 1. The maximum absolute atomic E-state index is 12.0. The van der Waals surface area contributed by atoms with Crippen molar-refractivity contribution in [2.24, 2.45) is 0 Å². The van der Waals surface area contributed by atoms with Crippen molar-refractivity contribution in [1.82, 2.24) is 0 Å². The van der Waals surface area contributed by atoms with Crippen LogP contribution < -0.4 is 15.4 Å². The SMILES string of the molecule is COc1ccc(NC(C)=O)cc1NC(=O)COC(=O)/C=C/c1ccsc1. The van der Waals surface area contributed by atoms with Crippen LogP contribution in [0.5, 0.6) is 5.75 Å². The van der Waals surface area contributed by atoms with Crippen molar-refractivity contribution in [3.05, 3.63) is 46.7 Å². The quantitative estimate of drug-likeness (QED) is 0.574. The lowest BCUT2D eigenvalue weighted by atomic mass is 10.2. The number of ether oxygens (including phenoxy) is 2. The molecule has 1 heterocycles. The van der Waals surface area contributed by atoms with E-state index in [-0.39, 0.29) is 5.91 Å². The van der Waals surface area contributed by atoms with Gasteiger partial charge in [-0.2, -0.15) is 11.3 Å². The van der Waals surface area contributed by atoms with E-state index in [1.165, 1.54) is 31.4 Å². The van der Waals surface area contributed by atoms with Gasteiger partial charge in [0.25, 0.3) is 5.91 Å². The summed E-state index contributed by atoms with van der Waals surface area (Å²) in [5.41, 5.74) is 1.74. The summed E-state index contributed by atoms with van der Waals surface area (Å²) in [6.07, 6.45) is 2.87. The number of methoxy groups -OCH3 is 1. The molecule has 0 aliphatic carbocycles. The topological polar surface area (TPSA) is 93.7 Å². The number of hydrogen-bond donors (Lipinski definition) is 2. The van der Waals surface area contributed by atoms with Crippen LogP contribution in [-0.2, 0) is 19.1 Å². The molecule has 2 rings (SSSR count). The molecule has 1 aromatic carbocycles. The van der Waals surface area contributed by atoms with Gasteiger partial charge in [0, 0.05) is 18.7 Å². The molecule has 0 unspecified atom stereocenters. The average Bonchev–Trinajstić information content (AvgIpc) is 3.11. The molecule has 0 radical (unpaired) electrons. The summed E-state index contributed by atoms with van der Waals surface area (Å²) in [6, 6.07) is 6.66. The van der Waals surface area contributed by atoms with Crippen molar-refractivity contribution in [2.45, 2.75) is 6.92 Å². The van der Waals surface area contributed by atoms with E-state index in [0.717, 1.165) is 5.56 Å². The van der Waals surface area contributed by atoms with Gasteiger partial charge in [-0.15, -0.1) is 0 Å². The lowest BCUT2D eigenvalue weighted by Gasteiger charge is -2.12. The van der Waals surface area contributed by atoms with Crippen LogP contribution in [0.25, 0.3) is 6.08 Å². The Morgan fingerprint density at radius 1 is 1.19 bits per heavy atom. The Morgan fingerprint density at radius 3 is 2.65 bits per heavy atom. The van der Waals surface area contributed by atoms with Crippen molar-refractivity contribution < 1.29 is 23.9 Å². The third-order valence-electron chi connectivity index (χ3n) is 3.09. The number of amides is 2. The van der Waals surface area contributed by atoms with Crippen LogP contribution in [0.1, 0.15) is 12.5 Å². The normalized spacial score (nSPS) is 10.4. The van der Waals surface area contributed by atoms with Crippen LogP contribution >= 0.6 is 11.3 Å². The molecule has 2 amide bonds. The number of carbonyl (C=O) groups excluding carboxylic acids is 3. The van der Waals surface area contributed by atoms with Crippen molar-refractivity contribution >= 4 is 46.6 Å². The van der Waals surface area contributed by atoms with Crippen molar-refractivity contribution in [1.29, 1.82) is 0 Å². The van der Waals surface area contributed by atoms with Crippen LogP contribution in [-0.4, -0.2) is 31.5 Å². The first-order valence-corrected chi connectivity index (χ1v) is 8.54. The van der Waals surface area contributed by atoms with Gasteiger partial charge in [0.2, 0.25) is 5.91 Å². The number of benzene rings is 1. The molecule has 0 saturated carbocycles. The Bertz CT molecular complexity index is 815. The fourth-order valence-corrected chi connectivity index (χ4v) is 2.62. The van der Waals surface area contributed by atoms with E-state index in [1.54, 1.807) is 24.3 Å². The summed E-state index contributed by atoms with van der Waals surface area (Å²) in [6.45, 7) is 0.936. The van der Waals surface area contributed by atoms with E-state index in [2.05, 4.69) is 10.6 Å². The molecule has 26 heavy (non-hydrogen) atoms. The van der Waals surface area contributed by atoms with Gasteiger partial charge >= 0.3 is 5.97 Å². The van der Waals surface area contributed by atoms with Gasteiger partial charge in [-0.25, -0.2) is 4.79 Å². The zero-order valence-electron chi connectivity index (χ0n) is 14.3. The van der Waals surface area contributed by atoms with Gasteiger partial charge < -0.3 is 20.1 Å². The molecule has 7 nitrogen and oxygen atoms in total. The minimum absolute atomic E-state index is 0.237. The molecule has 1 aromatic heterocycles. The second-order valence-corrected chi connectivity index (χ2v) is 5.92. The monoisotopic (exact) mass is 374 g/mol. The molecule has 0 spiro atoms. The van der Waals surface area contributed by atoms with E-state index in [9.17, 15) is 14.4 Å². The minimum Gasteiger partial charge on any atom is -0.495 e. The first-order valence-electron chi connectivity index (χ1n) is 7.60. The minimum atomic E-state index is -0.620. The summed E-state index contributed by atoms with van der Waals surface area (Å²) in [5, 5.41) is 8.97. The van der Waals surface area contributed by atoms with E-state index in [4.69, 9.17) is 9.47 Å². The molecule has 0 bridgehead atoms. The highest BCUT2D eigenvalue weighted by atomic mass is 32.1. The predicted octanol–water partition coefficient (Wildman–Crippen LogP) is 2.91. The zero-order chi connectivity index (χ0) is 18.9. The summed E-state index contributed by atoms with van der Waals surface area (Å²) >= 11 is 1.51. The number of hydrogen-bond acceptors (Lipinski definition) is 6. The van der Waals surface area contributed by atoms with Gasteiger partial charge in [-0.05, 0) is 46.7 Å². The Labute approximate surface area is 154 Å². The number of rotatable bonds is 7. The Morgan fingerprint density at radius 2 is 2.00 bits per heavy atom. The van der Waals surface area contributed by atoms with Gasteiger partial charge in [-0.1, -0.05) is 0 Å². The van der Waals surface area contributed by atoms with Crippen LogP contribution in [0.3, 0.4) is 0 Å². The molecule has 0 aliphatic rings. The summed E-state index contributed by atoms with van der Waals surface area (Å²) < 4.78 is 10.1. The highest BCUT2D eigenvalue weighted by Gasteiger charge is 2.11. The first-order chi connectivity index (χ1) is 12.5. The van der Waals surface area contributed by atoms with E-state index < -0.39 is 18.5 Å². The van der Waals surface area contributed by atoms with Crippen LogP contribution in [0.15, 0.2) is 41.1 Å². The fraction of sp³-hybridized carbons (Fsp3) is 0.167. The lowest BCUT2D eigenvalue weighted by molar-refractivity contribution is -0.142. The second-order valence-electron chi connectivity index (χ2n) is 5.14. The standard InChI is InChI=1S/C18H18N2O5S/c1-12(21)19-14-4-5-16(24-2)15(9-14)20-17(22)10-25-18(23)6-3-13-7-8-26-11-13/h3-9,11H,10H2,1-2H3,(H,19,21)(H,20,22)/b6-3+. The van der Waals surface area contributed by atoms with Crippen molar-refractivity contribution in [3.63, 3.8) is 0 Å². The summed E-state index contributed by atoms with van der Waals surface area (Å²) in [5.74, 6) is -0.971. The molecule has 2 aromatic rings. The first kappa shape index (κ1) is 19.2. The van der Waals surface area contributed by atoms with Gasteiger partial charge in [-0.3, -0.25) is 9.59 Å². The Balaban J connectivity index is 1.92. The third-order valence-corrected chi connectivity index (χ3v) is 3.80. The van der Waals surface area contributed by atoms with Crippen molar-refractivity contribution in [3.8, 4) is 5.75 Å². The highest BCUT2D eigenvalue weighted by molar-refractivity contribution is 7.08. The maximum atomic E-state index is 12.0. The molecule has 0 aliphatic heterocycles. The smallest absolute Gasteiger partial charge is 0.331 e. The Hall–Kier alpha value is -3.13. The van der Waals surface area contributed by atoms with E-state index >= 15 is 0 Å². The number of carbonyl (C=O) groups is 3.